The molecule has 0 saturated heterocycles. The van der Waals surface area contributed by atoms with Crippen LogP contribution in [0.25, 0.3) is 0 Å². The molecule has 4 aliphatic rings. The average Bonchev–Trinajstić information content (AvgIpc) is 3.46. The molecule has 1 saturated carbocycles. The molecule has 0 amide bonds. The summed E-state index contributed by atoms with van der Waals surface area (Å²) in [6.45, 7) is 9.07. The van der Waals surface area contributed by atoms with E-state index in [1.807, 2.05) is 38.2 Å². The highest BCUT2D eigenvalue weighted by molar-refractivity contribution is 6.30. The molecular weight excluding hydrogens is 600 g/mol. The maximum Gasteiger partial charge on any atom is 0.329 e. The van der Waals surface area contributed by atoms with Crippen LogP contribution in [0, 0.1) is 11.8 Å². The Bertz CT molecular complexity index is 1650. The highest BCUT2D eigenvalue weighted by Crippen LogP contribution is 2.58. The summed E-state index contributed by atoms with van der Waals surface area (Å²) < 4.78 is 18.9. The van der Waals surface area contributed by atoms with Crippen LogP contribution in [0.1, 0.15) is 101 Å². The van der Waals surface area contributed by atoms with Crippen LogP contribution >= 0.6 is 11.6 Å². The SMILES string of the molecule is C[C@@H](COc1ccnc2c1[C@H](C)CCC2)CC1Cc2cc3c(cc2C12CCC(Nc1cccc(Cl)c1)(C(=O)O)CC2)OC(C)(C)O3. The van der Waals surface area contributed by atoms with Crippen LogP contribution in [-0.4, -0.2) is 34.0 Å². The van der Waals surface area contributed by atoms with Gasteiger partial charge in [0, 0.05) is 42.0 Å². The lowest BCUT2D eigenvalue weighted by atomic mass is 9.59. The van der Waals surface area contributed by atoms with E-state index in [4.69, 9.17) is 25.8 Å². The van der Waals surface area contributed by atoms with Gasteiger partial charge in [-0.05, 0) is 128 Å². The predicted octanol–water partition coefficient (Wildman–Crippen LogP) is 8.71. The second-order valence-corrected chi connectivity index (χ2v) is 15.2. The Labute approximate surface area is 277 Å². The number of nitrogens with one attached hydrogen (secondary N) is 1. The van der Waals surface area contributed by atoms with Crippen LogP contribution in [0.15, 0.2) is 48.7 Å². The number of benzene rings is 2. The number of aromatic nitrogens is 1. The van der Waals surface area contributed by atoms with E-state index < -0.39 is 17.3 Å². The van der Waals surface area contributed by atoms with E-state index in [1.165, 1.54) is 35.2 Å². The van der Waals surface area contributed by atoms with E-state index in [2.05, 4.69) is 36.3 Å². The maximum absolute atomic E-state index is 12.9. The van der Waals surface area contributed by atoms with Crippen molar-refractivity contribution in [3.8, 4) is 17.2 Å². The van der Waals surface area contributed by atoms with Crippen molar-refractivity contribution in [2.45, 2.75) is 108 Å². The van der Waals surface area contributed by atoms with Gasteiger partial charge in [-0.1, -0.05) is 31.5 Å². The van der Waals surface area contributed by atoms with Crippen LogP contribution in [0.3, 0.4) is 0 Å². The summed E-state index contributed by atoms with van der Waals surface area (Å²) in [5.41, 5.74) is 4.57. The lowest BCUT2D eigenvalue weighted by molar-refractivity contribution is -0.144. The van der Waals surface area contributed by atoms with Gasteiger partial charge in [0.1, 0.15) is 11.3 Å². The number of rotatable bonds is 8. The molecule has 3 aromatic rings. The molecule has 7 nitrogen and oxygen atoms in total. The average molecular weight is 645 g/mol. The molecular formula is C38H45ClN2O5. The summed E-state index contributed by atoms with van der Waals surface area (Å²) in [6, 6.07) is 13.7. The van der Waals surface area contributed by atoms with Gasteiger partial charge < -0.3 is 24.6 Å². The zero-order valence-corrected chi connectivity index (χ0v) is 28.1. The van der Waals surface area contributed by atoms with E-state index >= 15 is 0 Å². The first-order chi connectivity index (χ1) is 22.0. The fourth-order valence-corrected chi connectivity index (χ4v) is 9.01. The molecule has 2 N–H and O–H groups in total. The van der Waals surface area contributed by atoms with E-state index in [9.17, 15) is 9.90 Å². The number of fused-ring (bicyclic) bond motifs is 4. The highest BCUT2D eigenvalue weighted by atomic mass is 35.5. The predicted molar refractivity (Wildman–Crippen MR) is 179 cm³/mol. The lowest BCUT2D eigenvalue weighted by Crippen LogP contribution is -2.53. The van der Waals surface area contributed by atoms with Crippen molar-refractivity contribution in [1.29, 1.82) is 0 Å². The van der Waals surface area contributed by atoms with Crippen molar-refractivity contribution in [3.05, 3.63) is 76.1 Å². The first-order valence-corrected chi connectivity index (χ1v) is 17.3. The van der Waals surface area contributed by atoms with Crippen LogP contribution in [0.2, 0.25) is 5.02 Å². The summed E-state index contributed by atoms with van der Waals surface area (Å²) in [7, 11) is 0. The van der Waals surface area contributed by atoms with Crippen molar-refractivity contribution < 1.29 is 24.1 Å². The number of anilines is 1. The van der Waals surface area contributed by atoms with Crippen LogP contribution in [0.4, 0.5) is 5.69 Å². The van der Waals surface area contributed by atoms with Gasteiger partial charge in [0.2, 0.25) is 5.79 Å². The Balaban J connectivity index is 1.15. The third kappa shape index (κ3) is 5.59. The number of carboxylic acid groups (broad SMARTS) is 1. The quantitative estimate of drug-likeness (QED) is 0.253. The van der Waals surface area contributed by atoms with Crippen molar-refractivity contribution in [2.24, 2.45) is 11.8 Å². The van der Waals surface area contributed by atoms with Crippen LogP contribution in [-0.2, 0) is 23.1 Å². The third-order valence-corrected chi connectivity index (χ3v) is 11.3. The van der Waals surface area contributed by atoms with Gasteiger partial charge in [-0.3, -0.25) is 4.98 Å². The van der Waals surface area contributed by atoms with Gasteiger partial charge in [0.25, 0.3) is 0 Å². The van der Waals surface area contributed by atoms with Gasteiger partial charge in [0.15, 0.2) is 11.5 Å². The van der Waals surface area contributed by atoms with Crippen molar-refractivity contribution in [1.82, 2.24) is 4.98 Å². The van der Waals surface area contributed by atoms with Gasteiger partial charge in [-0.25, -0.2) is 4.79 Å². The number of carbonyl (C=O) groups is 1. The summed E-state index contributed by atoms with van der Waals surface area (Å²) in [4.78, 5) is 17.5. The highest BCUT2D eigenvalue weighted by Gasteiger charge is 2.55. The standard InChI is InChI=1S/C38H45ClN2O5/c1-23(22-44-31-11-16-40-30-10-5-7-24(2)34(30)31)17-26-18-25-19-32-33(46-36(3,4)45-32)21-29(25)37(26)12-14-38(15-13-37,35(42)43)41-28-9-6-8-27(39)20-28/h6,8-9,11,16,19-21,23-24,26,41H,5,7,10,12-15,17-18,22H2,1-4H3,(H,42,43)/t23-,24-,26?,37?,38?/m1/s1. The monoisotopic (exact) mass is 644 g/mol. The molecule has 3 atom stereocenters. The summed E-state index contributed by atoms with van der Waals surface area (Å²) in [5, 5.41) is 14.5. The number of halogens is 1. The molecule has 1 aromatic heterocycles. The van der Waals surface area contributed by atoms with Crippen molar-refractivity contribution in [3.63, 3.8) is 0 Å². The fourth-order valence-electron chi connectivity index (χ4n) is 8.82. The fraction of sp³-hybridized carbons (Fsp3) is 0.526. The van der Waals surface area contributed by atoms with Gasteiger partial charge in [0.05, 0.1) is 6.61 Å². The largest absolute Gasteiger partial charge is 0.493 e. The van der Waals surface area contributed by atoms with Crippen molar-refractivity contribution >= 4 is 23.3 Å². The van der Waals surface area contributed by atoms with E-state index in [1.54, 1.807) is 12.1 Å². The molecule has 0 radical (unpaired) electrons. The Morgan fingerprint density at radius 1 is 1.13 bits per heavy atom. The van der Waals surface area contributed by atoms with Gasteiger partial charge in [-0.2, -0.15) is 0 Å². The number of hydrogen-bond donors (Lipinski definition) is 2. The molecule has 0 bridgehead atoms. The Kier molecular flexibility index (Phi) is 7.90. The lowest BCUT2D eigenvalue weighted by Gasteiger charge is -2.47. The van der Waals surface area contributed by atoms with E-state index in [0.29, 0.717) is 42.2 Å². The molecule has 7 rings (SSSR count). The number of nitrogens with zero attached hydrogens (tertiary/aromatic N) is 1. The molecule has 8 heteroatoms. The Morgan fingerprint density at radius 2 is 1.89 bits per heavy atom. The Hall–Kier alpha value is -3.45. The number of pyridine rings is 1. The molecule has 46 heavy (non-hydrogen) atoms. The van der Waals surface area contributed by atoms with E-state index in [-0.39, 0.29) is 5.41 Å². The molecule has 1 fully saturated rings. The second kappa shape index (κ2) is 11.7. The van der Waals surface area contributed by atoms with E-state index in [0.717, 1.165) is 55.0 Å². The number of aryl methyl sites for hydroxylation is 1. The molecule has 2 heterocycles. The number of ether oxygens (including phenoxy) is 3. The molecule has 3 aliphatic carbocycles. The molecule has 1 spiro atoms. The van der Waals surface area contributed by atoms with Crippen molar-refractivity contribution in [2.75, 3.05) is 11.9 Å². The van der Waals surface area contributed by atoms with Crippen LogP contribution in [0.5, 0.6) is 17.2 Å². The number of aliphatic carboxylic acids is 1. The zero-order valence-electron chi connectivity index (χ0n) is 27.3. The van der Waals surface area contributed by atoms with Crippen LogP contribution < -0.4 is 19.5 Å². The molecule has 1 aliphatic heterocycles. The maximum atomic E-state index is 12.9. The summed E-state index contributed by atoms with van der Waals surface area (Å²) in [5.74, 6) is 2.16. The molecule has 244 valence electrons. The van der Waals surface area contributed by atoms with Gasteiger partial charge >= 0.3 is 5.97 Å². The third-order valence-electron chi connectivity index (χ3n) is 11.1. The minimum atomic E-state index is -1.06. The minimum Gasteiger partial charge on any atom is -0.493 e. The number of carboxylic acids is 1. The zero-order chi connectivity index (χ0) is 32.3. The summed E-state index contributed by atoms with van der Waals surface area (Å²) in [6.07, 6.45) is 9.72. The minimum absolute atomic E-state index is 0.159. The molecule has 2 aromatic carbocycles. The first-order valence-electron chi connectivity index (χ1n) is 16.9. The topological polar surface area (TPSA) is 89.9 Å². The first kappa shape index (κ1) is 31.2. The van der Waals surface area contributed by atoms with Gasteiger partial charge in [-0.15, -0.1) is 0 Å². The Morgan fingerprint density at radius 3 is 2.63 bits per heavy atom. The second-order valence-electron chi connectivity index (χ2n) is 14.8. The smallest absolute Gasteiger partial charge is 0.329 e. The molecule has 1 unspecified atom stereocenters. The number of hydrogen-bond acceptors (Lipinski definition) is 6. The summed E-state index contributed by atoms with van der Waals surface area (Å²) >= 11 is 6.26. The normalized spacial score (nSPS) is 27.9.